The van der Waals surface area contributed by atoms with E-state index in [0.717, 1.165) is 13.0 Å². The molecule has 1 saturated heterocycles. The highest BCUT2D eigenvalue weighted by molar-refractivity contribution is 5.94. The van der Waals surface area contributed by atoms with Gasteiger partial charge in [-0.2, -0.15) is 0 Å². The van der Waals surface area contributed by atoms with Crippen LogP contribution in [-0.4, -0.2) is 30.0 Å². The standard InChI is InChI=1S/C13H17N3O3/c17-13(15-9-11-3-1-2-8-14-11)10-4-6-12(7-5-10)16(18)19/h4-7,11,14H,1-3,8-9H2,(H,15,17). The summed E-state index contributed by atoms with van der Waals surface area (Å²) >= 11 is 0. The van der Waals surface area contributed by atoms with Gasteiger partial charge >= 0.3 is 0 Å². The zero-order valence-electron chi connectivity index (χ0n) is 10.6. The number of piperidine rings is 1. The molecule has 1 aliphatic rings. The van der Waals surface area contributed by atoms with E-state index in [4.69, 9.17) is 0 Å². The summed E-state index contributed by atoms with van der Waals surface area (Å²) in [7, 11) is 0. The molecule has 0 bridgehead atoms. The van der Waals surface area contributed by atoms with E-state index in [1.54, 1.807) is 0 Å². The van der Waals surface area contributed by atoms with Gasteiger partial charge in [0.2, 0.25) is 0 Å². The largest absolute Gasteiger partial charge is 0.350 e. The summed E-state index contributed by atoms with van der Waals surface area (Å²) in [5.74, 6) is -0.192. The molecule has 1 atom stereocenters. The summed E-state index contributed by atoms with van der Waals surface area (Å²) in [5.41, 5.74) is 0.437. The lowest BCUT2D eigenvalue weighted by Gasteiger charge is -2.23. The molecule has 1 aromatic carbocycles. The van der Waals surface area contributed by atoms with Gasteiger partial charge in [-0.1, -0.05) is 6.42 Å². The topological polar surface area (TPSA) is 84.3 Å². The highest BCUT2D eigenvalue weighted by Crippen LogP contribution is 2.12. The van der Waals surface area contributed by atoms with E-state index in [1.807, 2.05) is 0 Å². The summed E-state index contributed by atoms with van der Waals surface area (Å²) < 4.78 is 0. The molecule has 1 unspecified atom stereocenters. The van der Waals surface area contributed by atoms with Crippen molar-refractivity contribution in [2.24, 2.45) is 0 Å². The molecule has 2 N–H and O–H groups in total. The van der Waals surface area contributed by atoms with E-state index in [9.17, 15) is 14.9 Å². The van der Waals surface area contributed by atoms with Crippen LogP contribution in [0.2, 0.25) is 0 Å². The van der Waals surface area contributed by atoms with Crippen molar-refractivity contribution in [3.8, 4) is 0 Å². The zero-order chi connectivity index (χ0) is 13.7. The van der Waals surface area contributed by atoms with E-state index >= 15 is 0 Å². The Bertz CT molecular complexity index is 453. The summed E-state index contributed by atoms with van der Waals surface area (Å²) in [6.45, 7) is 1.59. The van der Waals surface area contributed by atoms with Crippen LogP contribution in [0.4, 0.5) is 5.69 Å². The Morgan fingerprint density at radius 2 is 2.11 bits per heavy atom. The summed E-state index contributed by atoms with van der Waals surface area (Å²) in [6.07, 6.45) is 3.44. The quantitative estimate of drug-likeness (QED) is 0.636. The molecule has 0 radical (unpaired) electrons. The number of nitrogens with one attached hydrogen (secondary N) is 2. The molecule has 6 heteroatoms. The van der Waals surface area contributed by atoms with Crippen molar-refractivity contribution in [3.05, 3.63) is 39.9 Å². The van der Waals surface area contributed by atoms with E-state index in [1.165, 1.54) is 37.1 Å². The van der Waals surface area contributed by atoms with Crippen molar-refractivity contribution in [3.63, 3.8) is 0 Å². The van der Waals surface area contributed by atoms with Gasteiger partial charge in [-0.3, -0.25) is 14.9 Å². The molecule has 0 aliphatic carbocycles. The molecule has 0 aromatic heterocycles. The molecule has 1 fully saturated rings. The molecule has 1 heterocycles. The van der Waals surface area contributed by atoms with E-state index < -0.39 is 4.92 Å². The van der Waals surface area contributed by atoms with Gasteiger partial charge in [-0.25, -0.2) is 0 Å². The smallest absolute Gasteiger partial charge is 0.269 e. The maximum atomic E-state index is 11.9. The number of hydrogen-bond acceptors (Lipinski definition) is 4. The molecule has 0 saturated carbocycles. The summed E-state index contributed by atoms with van der Waals surface area (Å²) in [5, 5.41) is 16.7. The second-order valence-corrected chi connectivity index (χ2v) is 4.66. The Kier molecular flexibility index (Phi) is 4.46. The Hall–Kier alpha value is -1.95. The molecular weight excluding hydrogens is 246 g/mol. The van der Waals surface area contributed by atoms with Gasteiger partial charge in [0.15, 0.2) is 0 Å². The van der Waals surface area contributed by atoms with Crippen LogP contribution < -0.4 is 10.6 Å². The normalized spacial score (nSPS) is 18.8. The van der Waals surface area contributed by atoms with Gasteiger partial charge in [0.05, 0.1) is 4.92 Å². The van der Waals surface area contributed by atoms with Crippen molar-refractivity contribution in [1.82, 2.24) is 10.6 Å². The van der Waals surface area contributed by atoms with Gasteiger partial charge in [0, 0.05) is 30.3 Å². The predicted molar refractivity (Wildman–Crippen MR) is 71.1 cm³/mol. The molecule has 102 valence electrons. The first-order chi connectivity index (χ1) is 9.16. The Balaban J connectivity index is 1.86. The minimum atomic E-state index is -0.479. The molecule has 0 spiro atoms. The molecular formula is C13H17N3O3. The number of carbonyl (C=O) groups is 1. The van der Waals surface area contributed by atoms with Crippen molar-refractivity contribution in [2.45, 2.75) is 25.3 Å². The molecule has 1 aliphatic heterocycles. The average molecular weight is 263 g/mol. The van der Waals surface area contributed by atoms with E-state index in [-0.39, 0.29) is 11.6 Å². The van der Waals surface area contributed by atoms with E-state index in [0.29, 0.717) is 18.2 Å². The number of nitro benzene ring substituents is 1. The van der Waals surface area contributed by atoms with Crippen LogP contribution in [0.15, 0.2) is 24.3 Å². The van der Waals surface area contributed by atoms with Crippen LogP contribution in [0, 0.1) is 10.1 Å². The van der Waals surface area contributed by atoms with Crippen molar-refractivity contribution in [2.75, 3.05) is 13.1 Å². The molecule has 6 nitrogen and oxygen atoms in total. The third kappa shape index (κ3) is 3.75. The number of non-ortho nitro benzene ring substituents is 1. The van der Waals surface area contributed by atoms with Crippen LogP contribution in [0.3, 0.4) is 0 Å². The third-order valence-corrected chi connectivity index (χ3v) is 3.26. The zero-order valence-corrected chi connectivity index (χ0v) is 10.6. The minimum absolute atomic E-state index is 0.00880. The minimum Gasteiger partial charge on any atom is -0.350 e. The number of amides is 1. The Morgan fingerprint density at radius 1 is 1.37 bits per heavy atom. The molecule has 1 aromatic rings. The monoisotopic (exact) mass is 263 g/mol. The first kappa shape index (κ1) is 13.5. The maximum absolute atomic E-state index is 11.9. The first-order valence-electron chi connectivity index (χ1n) is 6.43. The number of rotatable bonds is 4. The van der Waals surface area contributed by atoms with Crippen molar-refractivity contribution >= 4 is 11.6 Å². The van der Waals surface area contributed by atoms with Gasteiger partial charge in [-0.05, 0) is 31.5 Å². The predicted octanol–water partition coefficient (Wildman–Crippen LogP) is 1.47. The Morgan fingerprint density at radius 3 is 2.68 bits per heavy atom. The number of hydrogen-bond donors (Lipinski definition) is 2. The SMILES string of the molecule is O=C(NCC1CCCCN1)c1ccc([N+](=O)[O-])cc1. The van der Waals surface area contributed by atoms with Crippen LogP contribution in [0.25, 0.3) is 0 Å². The summed E-state index contributed by atoms with van der Waals surface area (Å²) in [6, 6.07) is 5.96. The van der Waals surface area contributed by atoms with Crippen LogP contribution >= 0.6 is 0 Å². The lowest BCUT2D eigenvalue weighted by molar-refractivity contribution is -0.384. The molecule has 2 rings (SSSR count). The number of nitro groups is 1. The second kappa shape index (κ2) is 6.29. The molecule has 19 heavy (non-hydrogen) atoms. The third-order valence-electron chi connectivity index (χ3n) is 3.26. The summed E-state index contributed by atoms with van der Waals surface area (Å²) in [4.78, 5) is 21.9. The number of benzene rings is 1. The highest BCUT2D eigenvalue weighted by atomic mass is 16.6. The highest BCUT2D eigenvalue weighted by Gasteiger charge is 2.14. The fourth-order valence-electron chi connectivity index (χ4n) is 2.15. The van der Waals surface area contributed by atoms with Crippen molar-refractivity contribution in [1.29, 1.82) is 0 Å². The lowest BCUT2D eigenvalue weighted by Crippen LogP contribution is -2.43. The number of nitrogens with zero attached hydrogens (tertiary/aromatic N) is 1. The lowest BCUT2D eigenvalue weighted by atomic mass is 10.1. The van der Waals surface area contributed by atoms with Gasteiger partial charge in [-0.15, -0.1) is 0 Å². The van der Waals surface area contributed by atoms with Crippen LogP contribution in [-0.2, 0) is 0 Å². The van der Waals surface area contributed by atoms with Gasteiger partial charge in [0.25, 0.3) is 11.6 Å². The van der Waals surface area contributed by atoms with Crippen LogP contribution in [0.5, 0.6) is 0 Å². The van der Waals surface area contributed by atoms with Gasteiger partial charge in [0.1, 0.15) is 0 Å². The van der Waals surface area contributed by atoms with Gasteiger partial charge < -0.3 is 10.6 Å². The second-order valence-electron chi connectivity index (χ2n) is 4.66. The fourth-order valence-corrected chi connectivity index (χ4v) is 2.15. The first-order valence-corrected chi connectivity index (χ1v) is 6.43. The van der Waals surface area contributed by atoms with Crippen LogP contribution in [0.1, 0.15) is 29.6 Å². The maximum Gasteiger partial charge on any atom is 0.269 e. The average Bonchev–Trinajstić information content (AvgIpc) is 2.46. The molecule has 1 amide bonds. The van der Waals surface area contributed by atoms with Crippen molar-refractivity contribution < 1.29 is 9.72 Å². The van der Waals surface area contributed by atoms with E-state index in [2.05, 4.69) is 10.6 Å². The Labute approximate surface area is 111 Å². The number of carbonyl (C=O) groups excluding carboxylic acids is 1. The fraction of sp³-hybridized carbons (Fsp3) is 0.462.